The lowest BCUT2D eigenvalue weighted by Crippen LogP contribution is -2.44. The third-order valence-electron chi connectivity index (χ3n) is 3.74. The molecule has 0 unspecified atom stereocenters. The van der Waals surface area contributed by atoms with Crippen LogP contribution in [-0.4, -0.2) is 39.3 Å². The standard InChI is InChI=1S/C14H17ClN4OS/c15-11-5-13(17-8-11)14(20)19-3-1-12(2-4-19)16-6-10-7-18-21-9-10/h5,7-9,12,16-17H,1-4,6H2. The Balaban J connectivity index is 1.47. The van der Waals surface area contributed by atoms with Gasteiger partial charge in [0.15, 0.2) is 0 Å². The zero-order chi connectivity index (χ0) is 14.7. The Hall–Kier alpha value is -1.37. The third kappa shape index (κ3) is 3.64. The summed E-state index contributed by atoms with van der Waals surface area (Å²) in [7, 11) is 0. The van der Waals surface area contributed by atoms with Gasteiger partial charge >= 0.3 is 0 Å². The van der Waals surface area contributed by atoms with Gasteiger partial charge in [0.25, 0.3) is 5.91 Å². The lowest BCUT2D eigenvalue weighted by atomic mass is 10.0. The normalized spacial score (nSPS) is 16.3. The minimum Gasteiger partial charge on any atom is -0.356 e. The van der Waals surface area contributed by atoms with Crippen LogP contribution in [0.4, 0.5) is 0 Å². The molecule has 0 radical (unpaired) electrons. The maximum Gasteiger partial charge on any atom is 0.270 e. The summed E-state index contributed by atoms with van der Waals surface area (Å²) >= 11 is 7.31. The number of carbonyl (C=O) groups is 1. The van der Waals surface area contributed by atoms with Crippen molar-refractivity contribution in [3.05, 3.63) is 40.1 Å². The highest BCUT2D eigenvalue weighted by atomic mass is 35.5. The number of likely N-dealkylation sites (tertiary alicyclic amines) is 1. The fourth-order valence-electron chi connectivity index (χ4n) is 2.52. The Morgan fingerprint density at radius 1 is 1.52 bits per heavy atom. The fraction of sp³-hybridized carbons (Fsp3) is 0.429. The number of amides is 1. The molecule has 112 valence electrons. The Morgan fingerprint density at radius 3 is 2.95 bits per heavy atom. The molecule has 1 saturated heterocycles. The van der Waals surface area contributed by atoms with Crippen molar-refractivity contribution in [3.8, 4) is 0 Å². The molecule has 2 aromatic heterocycles. The highest BCUT2D eigenvalue weighted by Gasteiger charge is 2.24. The van der Waals surface area contributed by atoms with E-state index >= 15 is 0 Å². The molecule has 3 rings (SSSR count). The van der Waals surface area contributed by atoms with Gasteiger partial charge in [0.1, 0.15) is 5.69 Å². The minimum absolute atomic E-state index is 0.0300. The Kier molecular flexibility index (Phi) is 4.57. The predicted octanol–water partition coefficient (Wildman–Crippen LogP) is 2.52. The molecule has 0 aromatic carbocycles. The number of aromatic amines is 1. The first-order valence-corrected chi connectivity index (χ1v) is 8.18. The van der Waals surface area contributed by atoms with Gasteiger partial charge in [0.2, 0.25) is 0 Å². The van der Waals surface area contributed by atoms with Crippen molar-refractivity contribution in [2.45, 2.75) is 25.4 Å². The predicted molar refractivity (Wildman–Crippen MR) is 83.7 cm³/mol. The number of piperidine rings is 1. The zero-order valence-corrected chi connectivity index (χ0v) is 13.1. The quantitative estimate of drug-likeness (QED) is 0.908. The van der Waals surface area contributed by atoms with Crippen LogP contribution in [0.1, 0.15) is 28.9 Å². The van der Waals surface area contributed by atoms with Crippen molar-refractivity contribution in [2.75, 3.05) is 13.1 Å². The van der Waals surface area contributed by atoms with E-state index in [1.807, 2.05) is 11.1 Å². The summed E-state index contributed by atoms with van der Waals surface area (Å²) in [6.45, 7) is 2.39. The lowest BCUT2D eigenvalue weighted by molar-refractivity contribution is 0.0699. The maximum atomic E-state index is 12.3. The number of H-pyrrole nitrogens is 1. The second kappa shape index (κ2) is 6.60. The van der Waals surface area contributed by atoms with Crippen molar-refractivity contribution >= 4 is 29.0 Å². The van der Waals surface area contributed by atoms with Crippen LogP contribution in [0.15, 0.2) is 23.8 Å². The maximum absolute atomic E-state index is 12.3. The number of hydrogen-bond donors (Lipinski definition) is 2. The number of carbonyl (C=O) groups excluding carboxylic acids is 1. The summed E-state index contributed by atoms with van der Waals surface area (Å²) in [4.78, 5) is 17.1. The van der Waals surface area contributed by atoms with E-state index in [0.29, 0.717) is 16.8 Å². The highest BCUT2D eigenvalue weighted by Crippen LogP contribution is 2.16. The topological polar surface area (TPSA) is 61.0 Å². The van der Waals surface area contributed by atoms with Gasteiger partial charge in [-0.1, -0.05) is 11.6 Å². The van der Waals surface area contributed by atoms with Crippen molar-refractivity contribution in [3.63, 3.8) is 0 Å². The van der Waals surface area contributed by atoms with E-state index in [2.05, 4.69) is 20.1 Å². The van der Waals surface area contributed by atoms with Crippen LogP contribution in [-0.2, 0) is 6.54 Å². The smallest absolute Gasteiger partial charge is 0.270 e. The molecule has 1 aliphatic rings. The number of halogens is 1. The molecule has 1 fully saturated rings. The van der Waals surface area contributed by atoms with Crippen molar-refractivity contribution < 1.29 is 4.79 Å². The number of nitrogens with one attached hydrogen (secondary N) is 2. The number of hydrogen-bond acceptors (Lipinski definition) is 4. The molecule has 2 N–H and O–H groups in total. The van der Waals surface area contributed by atoms with Crippen molar-refractivity contribution in [2.24, 2.45) is 0 Å². The molecule has 5 nitrogen and oxygen atoms in total. The highest BCUT2D eigenvalue weighted by molar-refractivity contribution is 7.03. The monoisotopic (exact) mass is 324 g/mol. The summed E-state index contributed by atoms with van der Waals surface area (Å²) < 4.78 is 4.09. The van der Waals surface area contributed by atoms with Crippen molar-refractivity contribution in [1.82, 2.24) is 19.6 Å². The molecule has 0 spiro atoms. The SMILES string of the molecule is O=C(c1cc(Cl)c[nH]1)N1CCC(NCc2cnsc2)CC1. The van der Waals surface area contributed by atoms with Crippen LogP contribution < -0.4 is 5.32 Å². The largest absolute Gasteiger partial charge is 0.356 e. The molecule has 2 aromatic rings. The third-order valence-corrected chi connectivity index (χ3v) is 4.59. The van der Waals surface area contributed by atoms with E-state index in [4.69, 9.17) is 11.6 Å². The van der Waals surface area contributed by atoms with Gasteiger partial charge in [0.05, 0.1) is 5.02 Å². The second-order valence-corrected chi connectivity index (χ2v) is 6.31. The van der Waals surface area contributed by atoms with Crippen LogP contribution in [0.2, 0.25) is 5.02 Å². The molecular formula is C14H17ClN4OS. The van der Waals surface area contributed by atoms with Gasteiger partial charge in [-0.2, -0.15) is 0 Å². The van der Waals surface area contributed by atoms with Gasteiger partial charge in [0, 0.05) is 43.4 Å². The Morgan fingerprint density at radius 2 is 2.33 bits per heavy atom. The molecule has 1 aliphatic heterocycles. The van der Waals surface area contributed by atoms with E-state index in [-0.39, 0.29) is 5.91 Å². The van der Waals surface area contributed by atoms with Crippen LogP contribution in [0.5, 0.6) is 0 Å². The van der Waals surface area contributed by atoms with Crippen LogP contribution >= 0.6 is 23.1 Å². The molecule has 0 aliphatic carbocycles. The number of aromatic nitrogens is 2. The molecule has 7 heteroatoms. The second-order valence-electron chi connectivity index (χ2n) is 5.21. The van der Waals surface area contributed by atoms with Crippen molar-refractivity contribution in [1.29, 1.82) is 0 Å². The summed E-state index contributed by atoms with van der Waals surface area (Å²) in [5.74, 6) is 0.0300. The van der Waals surface area contributed by atoms with E-state index in [1.54, 1.807) is 12.3 Å². The summed E-state index contributed by atoms with van der Waals surface area (Å²) in [6, 6.07) is 2.14. The minimum atomic E-state index is 0.0300. The molecule has 0 saturated carbocycles. The molecule has 3 heterocycles. The average Bonchev–Trinajstić information content (AvgIpc) is 3.16. The molecular weight excluding hydrogens is 308 g/mol. The number of nitrogens with zero attached hydrogens (tertiary/aromatic N) is 2. The lowest BCUT2D eigenvalue weighted by Gasteiger charge is -2.32. The van der Waals surface area contributed by atoms with E-state index in [0.717, 1.165) is 32.5 Å². The molecule has 21 heavy (non-hydrogen) atoms. The first-order valence-electron chi connectivity index (χ1n) is 6.97. The van der Waals surface area contributed by atoms with Gasteiger partial charge in [-0.25, -0.2) is 4.37 Å². The fourth-order valence-corrected chi connectivity index (χ4v) is 3.22. The van der Waals surface area contributed by atoms with E-state index in [1.165, 1.54) is 17.1 Å². The molecule has 1 amide bonds. The van der Waals surface area contributed by atoms with Crippen LogP contribution in [0.3, 0.4) is 0 Å². The van der Waals surface area contributed by atoms with Crippen LogP contribution in [0, 0.1) is 0 Å². The van der Waals surface area contributed by atoms with Crippen LogP contribution in [0.25, 0.3) is 0 Å². The zero-order valence-electron chi connectivity index (χ0n) is 11.5. The molecule has 0 bridgehead atoms. The first-order chi connectivity index (χ1) is 10.2. The van der Waals surface area contributed by atoms with E-state index in [9.17, 15) is 4.79 Å². The van der Waals surface area contributed by atoms with E-state index < -0.39 is 0 Å². The summed E-state index contributed by atoms with van der Waals surface area (Å²) in [5.41, 5.74) is 1.79. The first kappa shape index (κ1) is 14.6. The average molecular weight is 325 g/mol. The van der Waals surface area contributed by atoms with Gasteiger partial charge in [-0.15, -0.1) is 0 Å². The summed E-state index contributed by atoms with van der Waals surface area (Å²) in [6.07, 6.45) is 5.47. The van der Waals surface area contributed by atoms with Gasteiger partial charge in [-0.3, -0.25) is 4.79 Å². The van der Waals surface area contributed by atoms with Gasteiger partial charge in [-0.05, 0) is 36.0 Å². The van der Waals surface area contributed by atoms with Gasteiger partial charge < -0.3 is 15.2 Å². The number of rotatable bonds is 4. The Bertz CT molecular complexity index is 590. The summed E-state index contributed by atoms with van der Waals surface area (Å²) in [5, 5.41) is 6.15. The molecule has 0 atom stereocenters. The Labute approximate surface area is 132 Å².